The normalized spacial score (nSPS) is 18.4. The van der Waals surface area contributed by atoms with Crippen LogP contribution in [0.4, 0.5) is 15.8 Å². The highest BCUT2D eigenvalue weighted by atomic mass is 32.1. The molecule has 1 aromatic heterocycles. The molecule has 0 spiro atoms. The van der Waals surface area contributed by atoms with Gasteiger partial charge in [-0.15, -0.1) is 11.3 Å². The van der Waals surface area contributed by atoms with E-state index in [0.29, 0.717) is 0 Å². The van der Waals surface area contributed by atoms with E-state index < -0.39 is 0 Å². The van der Waals surface area contributed by atoms with E-state index in [1.54, 1.807) is 23.5 Å². The minimum absolute atomic E-state index is 0.137. The van der Waals surface area contributed by atoms with Crippen LogP contribution in [0.15, 0.2) is 35.0 Å². The number of rotatable bonds is 1. The zero-order valence-corrected chi connectivity index (χ0v) is 9.35. The molecule has 0 aliphatic carbocycles. The van der Waals surface area contributed by atoms with Gasteiger partial charge in [-0.1, -0.05) is 12.1 Å². The van der Waals surface area contributed by atoms with Gasteiger partial charge < -0.3 is 10.6 Å². The Balaban J connectivity index is 1.88. The van der Waals surface area contributed by atoms with E-state index in [1.807, 2.05) is 6.07 Å². The zero-order valence-electron chi connectivity index (χ0n) is 8.53. The summed E-state index contributed by atoms with van der Waals surface area (Å²) in [6.07, 6.45) is 0. The smallest absolute Gasteiger partial charge is 0.123 e. The molecule has 0 saturated heterocycles. The molecule has 0 bridgehead atoms. The maximum atomic E-state index is 13.1. The fourth-order valence-electron chi connectivity index (χ4n) is 1.92. The molecule has 3 rings (SSSR count). The van der Waals surface area contributed by atoms with Crippen LogP contribution in [0.3, 0.4) is 0 Å². The van der Waals surface area contributed by atoms with Gasteiger partial charge in [0.05, 0.1) is 17.4 Å². The summed E-state index contributed by atoms with van der Waals surface area (Å²) in [5, 5.41) is 10.9. The number of anilines is 2. The Morgan fingerprint density at radius 1 is 1.25 bits per heavy atom. The molecular formula is C12H11FN2S. The van der Waals surface area contributed by atoms with Crippen molar-refractivity contribution in [1.29, 1.82) is 0 Å². The molecule has 1 aliphatic rings. The highest BCUT2D eigenvalue weighted by Gasteiger charge is 2.19. The number of halogens is 1. The number of nitrogens with one attached hydrogen (secondary N) is 2. The fourth-order valence-corrected chi connectivity index (χ4v) is 2.67. The Bertz CT molecular complexity index is 509. The van der Waals surface area contributed by atoms with Gasteiger partial charge in [-0.2, -0.15) is 0 Å². The van der Waals surface area contributed by atoms with Gasteiger partial charge in [0, 0.05) is 17.3 Å². The van der Waals surface area contributed by atoms with E-state index in [2.05, 4.69) is 21.4 Å². The minimum atomic E-state index is -0.185. The first-order valence-corrected chi connectivity index (χ1v) is 6.09. The van der Waals surface area contributed by atoms with Gasteiger partial charge in [0.1, 0.15) is 5.82 Å². The second-order valence-corrected chi connectivity index (χ2v) is 4.58. The molecule has 1 aromatic carbocycles. The van der Waals surface area contributed by atoms with E-state index in [-0.39, 0.29) is 11.9 Å². The van der Waals surface area contributed by atoms with Gasteiger partial charge >= 0.3 is 0 Å². The Morgan fingerprint density at radius 2 is 2.12 bits per heavy atom. The Labute approximate surface area is 97.1 Å². The molecule has 0 fully saturated rings. The molecule has 2 N–H and O–H groups in total. The van der Waals surface area contributed by atoms with Crippen LogP contribution < -0.4 is 10.6 Å². The highest BCUT2D eigenvalue weighted by molar-refractivity contribution is 7.09. The summed E-state index contributed by atoms with van der Waals surface area (Å²) in [5.41, 5.74) is 3.22. The van der Waals surface area contributed by atoms with E-state index in [4.69, 9.17) is 0 Å². The summed E-state index contributed by atoms with van der Waals surface area (Å²) in [7, 11) is 0. The molecule has 82 valence electrons. The number of thiophene rings is 1. The second-order valence-electron chi connectivity index (χ2n) is 3.83. The molecule has 1 aliphatic heterocycles. The maximum Gasteiger partial charge on any atom is 0.123 e. The van der Waals surface area contributed by atoms with Crippen molar-refractivity contribution in [1.82, 2.24) is 0 Å². The van der Waals surface area contributed by atoms with Crippen molar-refractivity contribution in [2.75, 3.05) is 17.2 Å². The Hall–Kier alpha value is -1.55. The Morgan fingerprint density at radius 3 is 3.00 bits per heavy atom. The minimum Gasteiger partial charge on any atom is -0.380 e. The lowest BCUT2D eigenvalue weighted by Crippen LogP contribution is -2.24. The molecular weight excluding hydrogens is 223 g/mol. The van der Waals surface area contributed by atoms with Crippen LogP contribution in [-0.2, 0) is 0 Å². The van der Waals surface area contributed by atoms with Crippen LogP contribution in [0.2, 0.25) is 0 Å². The highest BCUT2D eigenvalue weighted by Crippen LogP contribution is 2.34. The fraction of sp³-hybridized carbons (Fsp3) is 0.167. The third-order valence-corrected chi connectivity index (χ3v) is 3.48. The van der Waals surface area contributed by atoms with Crippen LogP contribution in [-0.4, -0.2) is 6.54 Å². The van der Waals surface area contributed by atoms with Crippen molar-refractivity contribution in [3.05, 3.63) is 46.4 Å². The van der Waals surface area contributed by atoms with Gasteiger partial charge in [0.15, 0.2) is 0 Å². The van der Waals surface area contributed by atoms with Crippen molar-refractivity contribution in [3.8, 4) is 0 Å². The average molecular weight is 234 g/mol. The molecule has 2 heterocycles. The van der Waals surface area contributed by atoms with Crippen molar-refractivity contribution < 1.29 is 4.39 Å². The van der Waals surface area contributed by atoms with Crippen LogP contribution in [0.5, 0.6) is 0 Å². The summed E-state index contributed by atoms with van der Waals surface area (Å²) in [4.78, 5) is 0. The third kappa shape index (κ3) is 1.65. The van der Waals surface area contributed by atoms with E-state index in [0.717, 1.165) is 23.5 Å². The molecule has 2 nitrogen and oxygen atoms in total. The zero-order chi connectivity index (χ0) is 11.0. The summed E-state index contributed by atoms with van der Waals surface area (Å²) in [5.74, 6) is -0.185. The van der Waals surface area contributed by atoms with Crippen LogP contribution in [0.25, 0.3) is 0 Å². The van der Waals surface area contributed by atoms with E-state index in [9.17, 15) is 4.39 Å². The lowest BCUT2D eigenvalue weighted by molar-refractivity contribution is 0.622. The van der Waals surface area contributed by atoms with Gasteiger partial charge in [0.25, 0.3) is 0 Å². The topological polar surface area (TPSA) is 24.1 Å². The predicted molar refractivity (Wildman–Crippen MR) is 65.6 cm³/mol. The van der Waals surface area contributed by atoms with Gasteiger partial charge in [-0.05, 0) is 17.7 Å². The number of hydrogen-bond acceptors (Lipinski definition) is 3. The van der Waals surface area contributed by atoms with E-state index in [1.165, 1.54) is 6.07 Å². The SMILES string of the molecule is Fc1cccc(C2CNc3cscc3N2)c1. The summed E-state index contributed by atoms with van der Waals surface area (Å²) in [6.45, 7) is 0.785. The van der Waals surface area contributed by atoms with Gasteiger partial charge in [-0.3, -0.25) is 0 Å². The van der Waals surface area contributed by atoms with Crippen molar-refractivity contribution in [2.45, 2.75) is 6.04 Å². The first-order valence-electron chi connectivity index (χ1n) is 5.15. The number of fused-ring (bicyclic) bond motifs is 1. The molecule has 16 heavy (non-hydrogen) atoms. The van der Waals surface area contributed by atoms with Gasteiger partial charge in [-0.25, -0.2) is 4.39 Å². The standard InChI is InChI=1S/C12H11FN2S/c13-9-3-1-2-8(4-9)10-5-14-11-6-16-7-12(11)15-10/h1-4,6-7,10,14-15H,5H2. The largest absolute Gasteiger partial charge is 0.380 e. The molecule has 1 unspecified atom stereocenters. The number of benzene rings is 1. The molecule has 2 aromatic rings. The van der Waals surface area contributed by atoms with Crippen molar-refractivity contribution in [2.24, 2.45) is 0 Å². The summed E-state index contributed by atoms with van der Waals surface area (Å²) >= 11 is 1.66. The lowest BCUT2D eigenvalue weighted by Gasteiger charge is -2.26. The monoisotopic (exact) mass is 234 g/mol. The van der Waals surface area contributed by atoms with Crippen molar-refractivity contribution >= 4 is 22.7 Å². The second kappa shape index (κ2) is 3.79. The first-order chi connectivity index (χ1) is 7.83. The first kappa shape index (κ1) is 9.66. The number of hydrogen-bond donors (Lipinski definition) is 2. The molecule has 1 atom stereocenters. The summed E-state index contributed by atoms with van der Waals surface area (Å²) < 4.78 is 13.1. The van der Waals surface area contributed by atoms with Crippen LogP contribution >= 0.6 is 11.3 Å². The third-order valence-electron chi connectivity index (χ3n) is 2.74. The van der Waals surface area contributed by atoms with E-state index >= 15 is 0 Å². The van der Waals surface area contributed by atoms with Gasteiger partial charge in [0.2, 0.25) is 0 Å². The van der Waals surface area contributed by atoms with Crippen LogP contribution in [0, 0.1) is 5.82 Å². The molecule has 0 amide bonds. The molecule has 4 heteroatoms. The van der Waals surface area contributed by atoms with Crippen molar-refractivity contribution in [3.63, 3.8) is 0 Å². The summed E-state index contributed by atoms with van der Waals surface area (Å²) in [6, 6.07) is 6.87. The molecule has 0 saturated carbocycles. The quantitative estimate of drug-likeness (QED) is 0.789. The molecule has 0 radical (unpaired) electrons. The van der Waals surface area contributed by atoms with Crippen LogP contribution in [0.1, 0.15) is 11.6 Å². The maximum absolute atomic E-state index is 13.1. The lowest BCUT2D eigenvalue weighted by atomic mass is 10.0. The average Bonchev–Trinajstić information content (AvgIpc) is 2.75. The Kier molecular flexibility index (Phi) is 2.29. The predicted octanol–water partition coefficient (Wildman–Crippen LogP) is 3.47.